The summed E-state index contributed by atoms with van der Waals surface area (Å²) in [7, 11) is 1.32. The van der Waals surface area contributed by atoms with Gasteiger partial charge in [-0.3, -0.25) is 4.72 Å². The lowest BCUT2D eigenvalue weighted by Gasteiger charge is -2.08. The molecule has 0 atom stereocenters. The molecule has 6 nitrogen and oxygen atoms in total. The SMILES string of the molecule is COC(=O)NCCNSc1cc(-c2ncc(-c3ccc(Br)c(F)c3)[nH]2)ccc1Cl. The molecule has 1 amide bonds. The number of nitrogens with zero attached hydrogens (tertiary/aromatic N) is 1. The summed E-state index contributed by atoms with van der Waals surface area (Å²) in [5.41, 5.74) is 2.26. The first-order chi connectivity index (χ1) is 14.0. The van der Waals surface area contributed by atoms with Gasteiger partial charge in [0.1, 0.15) is 11.6 Å². The fourth-order valence-corrected chi connectivity index (χ4v) is 3.61. The van der Waals surface area contributed by atoms with Gasteiger partial charge in [0.15, 0.2) is 0 Å². The number of aromatic amines is 1. The number of halogens is 3. The number of imidazole rings is 1. The molecule has 29 heavy (non-hydrogen) atoms. The van der Waals surface area contributed by atoms with E-state index in [0.29, 0.717) is 39.7 Å². The Morgan fingerprint density at radius 3 is 2.83 bits per heavy atom. The minimum Gasteiger partial charge on any atom is -0.453 e. The van der Waals surface area contributed by atoms with Crippen LogP contribution in [0.3, 0.4) is 0 Å². The molecule has 0 saturated heterocycles. The molecule has 3 N–H and O–H groups in total. The van der Waals surface area contributed by atoms with Gasteiger partial charge < -0.3 is 15.0 Å². The molecule has 0 radical (unpaired) electrons. The van der Waals surface area contributed by atoms with Crippen molar-refractivity contribution in [1.82, 2.24) is 20.0 Å². The fourth-order valence-electron chi connectivity index (χ4n) is 2.42. The molecule has 0 saturated carbocycles. The van der Waals surface area contributed by atoms with Crippen molar-refractivity contribution in [3.05, 3.63) is 57.9 Å². The highest BCUT2D eigenvalue weighted by Gasteiger charge is 2.10. The average molecular weight is 500 g/mol. The van der Waals surface area contributed by atoms with Crippen LogP contribution in [-0.2, 0) is 4.74 Å². The Morgan fingerprint density at radius 1 is 1.28 bits per heavy atom. The van der Waals surface area contributed by atoms with Gasteiger partial charge in [0.2, 0.25) is 0 Å². The van der Waals surface area contributed by atoms with Crippen molar-refractivity contribution < 1.29 is 13.9 Å². The Hall–Kier alpha value is -2.07. The summed E-state index contributed by atoms with van der Waals surface area (Å²) < 4.78 is 21.8. The number of carbonyl (C=O) groups is 1. The van der Waals surface area contributed by atoms with E-state index in [-0.39, 0.29) is 5.82 Å². The second-order valence-electron chi connectivity index (χ2n) is 5.83. The molecule has 10 heteroatoms. The minimum atomic E-state index is -0.476. The molecule has 0 bridgehead atoms. The number of alkyl carbamates (subject to hydrolysis) is 1. The zero-order valence-corrected chi connectivity index (χ0v) is 18.4. The lowest BCUT2D eigenvalue weighted by molar-refractivity contribution is 0.171. The number of methoxy groups -OCH3 is 1. The first kappa shape index (κ1) is 21.6. The highest BCUT2D eigenvalue weighted by atomic mass is 79.9. The molecule has 1 heterocycles. The van der Waals surface area contributed by atoms with Gasteiger partial charge in [-0.05, 0) is 58.2 Å². The Balaban J connectivity index is 1.68. The van der Waals surface area contributed by atoms with E-state index in [0.717, 1.165) is 10.5 Å². The highest BCUT2D eigenvalue weighted by Crippen LogP contribution is 2.31. The van der Waals surface area contributed by atoms with Gasteiger partial charge in [-0.15, -0.1) is 0 Å². The van der Waals surface area contributed by atoms with Crippen LogP contribution in [-0.4, -0.2) is 36.3 Å². The summed E-state index contributed by atoms with van der Waals surface area (Å²) in [6.45, 7) is 0.947. The molecule has 3 rings (SSSR count). The van der Waals surface area contributed by atoms with Gasteiger partial charge in [0, 0.05) is 29.1 Å². The van der Waals surface area contributed by atoms with Gasteiger partial charge in [0.25, 0.3) is 0 Å². The molecular formula is C19H17BrClFN4O2S. The molecule has 0 fully saturated rings. The van der Waals surface area contributed by atoms with Crippen molar-refractivity contribution in [2.24, 2.45) is 0 Å². The number of hydrogen-bond acceptors (Lipinski definition) is 5. The standard InChI is InChI=1S/C19H17BrClFN4O2S/c1-28-19(27)23-6-7-25-29-17-9-12(3-5-14(17)21)18-24-10-16(26-18)11-2-4-13(20)15(22)8-11/h2-5,8-10,25H,6-7H2,1H3,(H,23,27)(H,24,26). The lowest BCUT2D eigenvalue weighted by Crippen LogP contribution is -2.29. The van der Waals surface area contributed by atoms with E-state index in [1.165, 1.54) is 25.1 Å². The quantitative estimate of drug-likeness (QED) is 0.306. The summed E-state index contributed by atoms with van der Waals surface area (Å²) in [5.74, 6) is 0.311. The van der Waals surface area contributed by atoms with E-state index >= 15 is 0 Å². The maximum atomic E-state index is 13.8. The maximum Gasteiger partial charge on any atom is 0.406 e. The van der Waals surface area contributed by atoms with Crippen LogP contribution in [0, 0.1) is 5.82 Å². The van der Waals surface area contributed by atoms with Crippen LogP contribution in [0.5, 0.6) is 0 Å². The number of carbonyl (C=O) groups excluding carboxylic acids is 1. The third kappa shape index (κ3) is 5.72. The van der Waals surface area contributed by atoms with Crippen LogP contribution in [0.1, 0.15) is 0 Å². The minimum absolute atomic E-state index is 0.336. The van der Waals surface area contributed by atoms with Crippen molar-refractivity contribution in [2.75, 3.05) is 20.2 Å². The largest absolute Gasteiger partial charge is 0.453 e. The van der Waals surface area contributed by atoms with Crippen molar-refractivity contribution in [2.45, 2.75) is 4.90 Å². The number of nitrogens with one attached hydrogen (secondary N) is 3. The predicted molar refractivity (Wildman–Crippen MR) is 116 cm³/mol. The summed E-state index contributed by atoms with van der Waals surface area (Å²) in [4.78, 5) is 19.4. The topological polar surface area (TPSA) is 79.0 Å². The van der Waals surface area contributed by atoms with Crippen molar-refractivity contribution >= 4 is 45.6 Å². The number of amides is 1. The van der Waals surface area contributed by atoms with Crippen LogP contribution in [0.2, 0.25) is 5.02 Å². The molecule has 0 unspecified atom stereocenters. The smallest absolute Gasteiger partial charge is 0.406 e. The highest BCUT2D eigenvalue weighted by molar-refractivity contribution is 9.10. The summed E-state index contributed by atoms with van der Waals surface area (Å²) in [6.07, 6.45) is 1.19. The third-order valence-corrected chi connectivity index (χ3v) is 5.87. The zero-order valence-electron chi connectivity index (χ0n) is 15.3. The molecule has 0 spiro atoms. The maximum absolute atomic E-state index is 13.8. The Morgan fingerprint density at radius 2 is 2.07 bits per heavy atom. The Labute approximate surface area is 184 Å². The molecule has 0 aliphatic heterocycles. The van der Waals surface area contributed by atoms with Crippen LogP contribution in [0.25, 0.3) is 22.6 Å². The Kier molecular flexibility index (Phi) is 7.54. The fraction of sp³-hybridized carbons (Fsp3) is 0.158. The van der Waals surface area contributed by atoms with Crippen LogP contribution in [0.15, 0.2) is 52.0 Å². The van der Waals surface area contributed by atoms with E-state index in [2.05, 4.69) is 40.7 Å². The first-order valence-electron chi connectivity index (χ1n) is 8.50. The third-order valence-electron chi connectivity index (χ3n) is 3.87. The second-order valence-corrected chi connectivity index (χ2v) is 8.03. The summed E-state index contributed by atoms with van der Waals surface area (Å²) in [6, 6.07) is 10.4. The van der Waals surface area contributed by atoms with Crippen LogP contribution >= 0.6 is 39.5 Å². The van der Waals surface area contributed by atoms with E-state index in [4.69, 9.17) is 11.6 Å². The summed E-state index contributed by atoms with van der Waals surface area (Å²) in [5, 5.41) is 3.17. The molecule has 2 aromatic carbocycles. The monoisotopic (exact) mass is 498 g/mol. The van der Waals surface area contributed by atoms with Gasteiger partial charge in [-0.25, -0.2) is 14.2 Å². The molecule has 3 aromatic rings. The normalized spacial score (nSPS) is 10.8. The second kappa shape index (κ2) is 10.1. The van der Waals surface area contributed by atoms with Gasteiger partial charge >= 0.3 is 6.09 Å². The van der Waals surface area contributed by atoms with Gasteiger partial charge in [-0.1, -0.05) is 17.7 Å². The molecule has 0 aliphatic rings. The lowest BCUT2D eigenvalue weighted by atomic mass is 10.2. The van der Waals surface area contributed by atoms with Crippen molar-refractivity contribution in [3.8, 4) is 22.6 Å². The van der Waals surface area contributed by atoms with Gasteiger partial charge in [0.05, 0.1) is 28.5 Å². The molecule has 152 valence electrons. The zero-order chi connectivity index (χ0) is 20.8. The number of hydrogen-bond donors (Lipinski definition) is 3. The van der Waals surface area contributed by atoms with Crippen molar-refractivity contribution in [1.29, 1.82) is 0 Å². The predicted octanol–water partition coefficient (Wildman–Crippen LogP) is 5.25. The van der Waals surface area contributed by atoms with Crippen LogP contribution in [0.4, 0.5) is 9.18 Å². The number of rotatable bonds is 7. The molecule has 0 aliphatic carbocycles. The van der Waals surface area contributed by atoms with E-state index < -0.39 is 6.09 Å². The van der Waals surface area contributed by atoms with E-state index in [9.17, 15) is 9.18 Å². The van der Waals surface area contributed by atoms with E-state index in [1.54, 1.807) is 24.4 Å². The average Bonchev–Trinajstić information content (AvgIpc) is 3.21. The number of ether oxygens (including phenoxy) is 1. The van der Waals surface area contributed by atoms with Gasteiger partial charge in [-0.2, -0.15) is 0 Å². The van der Waals surface area contributed by atoms with Crippen LogP contribution < -0.4 is 10.0 Å². The number of aromatic nitrogens is 2. The number of H-pyrrole nitrogens is 1. The Bertz CT molecular complexity index is 1020. The first-order valence-corrected chi connectivity index (χ1v) is 10.5. The van der Waals surface area contributed by atoms with Crippen molar-refractivity contribution in [3.63, 3.8) is 0 Å². The molecule has 1 aromatic heterocycles. The summed E-state index contributed by atoms with van der Waals surface area (Å²) >= 11 is 10.8. The van der Waals surface area contributed by atoms with E-state index in [1.807, 2.05) is 12.1 Å². The molecular weight excluding hydrogens is 483 g/mol. The number of benzene rings is 2.